The van der Waals surface area contributed by atoms with Crippen molar-refractivity contribution in [2.75, 3.05) is 18.1 Å². The summed E-state index contributed by atoms with van der Waals surface area (Å²) in [6.45, 7) is 4.15. The molecule has 0 bridgehead atoms. The van der Waals surface area contributed by atoms with E-state index in [0.717, 1.165) is 11.1 Å². The Morgan fingerprint density at radius 2 is 1.84 bits per heavy atom. The van der Waals surface area contributed by atoms with Gasteiger partial charge in [0.05, 0.1) is 17.3 Å². The first-order valence-corrected chi connectivity index (χ1v) is 11.6. The predicted octanol–water partition coefficient (Wildman–Crippen LogP) is 3.32. The first kappa shape index (κ1) is 21.2. The third-order valence-corrected chi connectivity index (χ3v) is 6.34. The van der Waals surface area contributed by atoms with Crippen molar-refractivity contribution in [1.82, 2.24) is 15.5 Å². The summed E-state index contributed by atoms with van der Waals surface area (Å²) in [6, 6.07) is 12.1. The van der Waals surface area contributed by atoms with Crippen LogP contribution in [0.15, 0.2) is 47.4 Å². The molecule has 2 atom stereocenters. The summed E-state index contributed by atoms with van der Waals surface area (Å²) in [7, 11) is 0. The molecular formula is C23H26N4O3S. The van der Waals surface area contributed by atoms with E-state index in [9.17, 15) is 14.4 Å². The second-order valence-electron chi connectivity index (χ2n) is 8.09. The topological polar surface area (TPSA) is 90.5 Å². The van der Waals surface area contributed by atoms with Crippen LogP contribution in [0.2, 0.25) is 0 Å². The van der Waals surface area contributed by atoms with Gasteiger partial charge in [-0.1, -0.05) is 18.2 Å². The number of rotatable bonds is 4. The fourth-order valence-corrected chi connectivity index (χ4v) is 4.53. The maximum Gasteiger partial charge on any atom is 0.315 e. The SMILES string of the molecule is CSc1ccc(-c2ccc3c(c2)C(=O)N2CC[C@H](NC(=O)NC(C)C)[C@H]2C(=O)N3)cc1. The zero-order valence-corrected chi connectivity index (χ0v) is 18.6. The van der Waals surface area contributed by atoms with Crippen LogP contribution in [-0.4, -0.2) is 53.7 Å². The quantitative estimate of drug-likeness (QED) is 0.639. The second kappa shape index (κ2) is 8.63. The number of benzene rings is 2. The summed E-state index contributed by atoms with van der Waals surface area (Å²) in [6.07, 6.45) is 2.56. The minimum atomic E-state index is -0.734. The van der Waals surface area contributed by atoms with E-state index in [1.165, 1.54) is 4.90 Å². The third-order valence-electron chi connectivity index (χ3n) is 5.59. The van der Waals surface area contributed by atoms with Crippen molar-refractivity contribution in [2.24, 2.45) is 0 Å². The number of thioether (sulfide) groups is 1. The molecule has 7 nitrogen and oxygen atoms in total. The number of carbonyl (C=O) groups excluding carboxylic acids is 3. The van der Waals surface area contributed by atoms with Gasteiger partial charge in [-0.3, -0.25) is 9.59 Å². The zero-order chi connectivity index (χ0) is 22.1. The van der Waals surface area contributed by atoms with E-state index in [-0.39, 0.29) is 23.9 Å². The summed E-state index contributed by atoms with van der Waals surface area (Å²) >= 11 is 1.67. The Balaban J connectivity index is 1.61. The largest absolute Gasteiger partial charge is 0.336 e. The molecule has 2 aliphatic heterocycles. The number of carbonyl (C=O) groups is 3. The molecule has 2 aromatic rings. The fourth-order valence-electron chi connectivity index (χ4n) is 4.12. The van der Waals surface area contributed by atoms with Crippen LogP contribution in [0, 0.1) is 0 Å². The number of anilines is 1. The van der Waals surface area contributed by atoms with Crippen LogP contribution < -0.4 is 16.0 Å². The molecule has 4 amide bonds. The number of amides is 4. The maximum absolute atomic E-state index is 13.4. The van der Waals surface area contributed by atoms with Crippen molar-refractivity contribution < 1.29 is 14.4 Å². The molecule has 0 saturated carbocycles. The van der Waals surface area contributed by atoms with Crippen molar-refractivity contribution in [3.63, 3.8) is 0 Å². The van der Waals surface area contributed by atoms with E-state index in [2.05, 4.69) is 16.0 Å². The normalized spacial score (nSPS) is 20.1. The average Bonchev–Trinajstić information content (AvgIpc) is 3.12. The molecule has 0 aliphatic carbocycles. The summed E-state index contributed by atoms with van der Waals surface area (Å²) < 4.78 is 0. The van der Waals surface area contributed by atoms with Crippen LogP contribution in [0.25, 0.3) is 11.1 Å². The molecule has 1 saturated heterocycles. The van der Waals surface area contributed by atoms with Gasteiger partial charge in [-0.05, 0) is 61.9 Å². The van der Waals surface area contributed by atoms with Gasteiger partial charge in [-0.15, -0.1) is 11.8 Å². The number of hydrogen-bond acceptors (Lipinski definition) is 4. The highest BCUT2D eigenvalue weighted by atomic mass is 32.2. The molecular weight excluding hydrogens is 412 g/mol. The highest BCUT2D eigenvalue weighted by Gasteiger charge is 2.45. The van der Waals surface area contributed by atoms with Crippen molar-refractivity contribution in [1.29, 1.82) is 0 Å². The van der Waals surface area contributed by atoms with Crippen LogP contribution in [0.3, 0.4) is 0 Å². The van der Waals surface area contributed by atoms with Crippen molar-refractivity contribution in [3.8, 4) is 11.1 Å². The molecule has 162 valence electrons. The minimum Gasteiger partial charge on any atom is -0.336 e. The van der Waals surface area contributed by atoms with Gasteiger partial charge in [0, 0.05) is 17.5 Å². The van der Waals surface area contributed by atoms with Gasteiger partial charge in [-0.25, -0.2) is 4.79 Å². The summed E-state index contributed by atoms with van der Waals surface area (Å²) in [5, 5.41) is 8.52. The van der Waals surface area contributed by atoms with Gasteiger partial charge < -0.3 is 20.9 Å². The Hall–Kier alpha value is -3.00. The molecule has 2 aliphatic rings. The van der Waals surface area contributed by atoms with E-state index in [1.807, 2.05) is 56.5 Å². The van der Waals surface area contributed by atoms with Gasteiger partial charge in [0.25, 0.3) is 5.91 Å². The van der Waals surface area contributed by atoms with E-state index >= 15 is 0 Å². The molecule has 0 spiro atoms. The van der Waals surface area contributed by atoms with E-state index in [4.69, 9.17) is 0 Å². The Bertz CT molecular complexity index is 1020. The molecule has 4 rings (SSSR count). The van der Waals surface area contributed by atoms with Crippen molar-refractivity contribution in [2.45, 2.75) is 43.3 Å². The minimum absolute atomic E-state index is 0.0187. The van der Waals surface area contributed by atoms with Crippen LogP contribution in [-0.2, 0) is 4.79 Å². The lowest BCUT2D eigenvalue weighted by Crippen LogP contribution is -2.54. The van der Waals surface area contributed by atoms with Crippen LogP contribution in [0.1, 0.15) is 30.6 Å². The predicted molar refractivity (Wildman–Crippen MR) is 122 cm³/mol. The lowest BCUT2D eigenvalue weighted by Gasteiger charge is -2.25. The van der Waals surface area contributed by atoms with Crippen LogP contribution >= 0.6 is 11.8 Å². The maximum atomic E-state index is 13.4. The zero-order valence-electron chi connectivity index (χ0n) is 17.8. The van der Waals surface area contributed by atoms with Gasteiger partial charge in [0.1, 0.15) is 6.04 Å². The molecule has 2 aromatic carbocycles. The van der Waals surface area contributed by atoms with E-state index < -0.39 is 12.1 Å². The fraction of sp³-hybridized carbons (Fsp3) is 0.348. The van der Waals surface area contributed by atoms with Crippen molar-refractivity contribution >= 4 is 35.3 Å². The van der Waals surface area contributed by atoms with E-state index in [0.29, 0.717) is 24.2 Å². The molecule has 0 aromatic heterocycles. The average molecular weight is 439 g/mol. The van der Waals surface area contributed by atoms with Crippen LogP contribution in [0.4, 0.5) is 10.5 Å². The van der Waals surface area contributed by atoms with Gasteiger partial charge in [0.2, 0.25) is 5.91 Å². The monoisotopic (exact) mass is 438 g/mol. The van der Waals surface area contributed by atoms with Gasteiger partial charge >= 0.3 is 6.03 Å². The van der Waals surface area contributed by atoms with Crippen molar-refractivity contribution in [3.05, 3.63) is 48.0 Å². The summed E-state index contributed by atoms with van der Waals surface area (Å²) in [4.78, 5) is 41.2. The first-order valence-electron chi connectivity index (χ1n) is 10.3. The molecule has 2 heterocycles. The molecule has 0 radical (unpaired) electrons. The number of hydrogen-bond donors (Lipinski definition) is 3. The Kier molecular flexibility index (Phi) is 5.91. The van der Waals surface area contributed by atoms with Gasteiger partial charge in [-0.2, -0.15) is 0 Å². The first-order chi connectivity index (χ1) is 14.9. The Labute approximate surface area is 186 Å². The smallest absolute Gasteiger partial charge is 0.315 e. The Morgan fingerprint density at radius 3 is 2.52 bits per heavy atom. The lowest BCUT2D eigenvalue weighted by molar-refractivity contribution is -0.120. The number of urea groups is 1. The summed E-state index contributed by atoms with van der Waals surface area (Å²) in [5.74, 6) is -0.481. The molecule has 1 fully saturated rings. The standard InChI is InChI=1S/C23H26N4O3S/c1-13(2)24-23(30)26-19-10-11-27-20(19)21(28)25-18-9-6-15(12-17(18)22(27)29)14-4-7-16(31-3)8-5-14/h4-9,12-13,19-20H,10-11H2,1-3H3,(H,25,28)(H2,24,26,30)/t19-,20-/m0/s1. The number of fused-ring (bicyclic) bond motifs is 2. The highest BCUT2D eigenvalue weighted by molar-refractivity contribution is 7.98. The highest BCUT2D eigenvalue weighted by Crippen LogP contribution is 2.32. The van der Waals surface area contributed by atoms with E-state index in [1.54, 1.807) is 22.7 Å². The third kappa shape index (κ3) is 4.25. The van der Waals surface area contributed by atoms with Gasteiger partial charge in [0.15, 0.2) is 0 Å². The lowest BCUT2D eigenvalue weighted by atomic mass is 10.0. The molecule has 0 unspecified atom stereocenters. The number of nitrogens with zero attached hydrogens (tertiary/aromatic N) is 1. The Morgan fingerprint density at radius 1 is 1.13 bits per heavy atom. The molecule has 8 heteroatoms. The number of nitrogens with one attached hydrogen (secondary N) is 3. The van der Waals surface area contributed by atoms with Crippen LogP contribution in [0.5, 0.6) is 0 Å². The summed E-state index contributed by atoms with van der Waals surface area (Å²) in [5.41, 5.74) is 2.89. The second-order valence-corrected chi connectivity index (χ2v) is 8.97. The molecule has 31 heavy (non-hydrogen) atoms. The molecule has 3 N–H and O–H groups in total.